The number of rotatable bonds is 3. The van der Waals surface area contributed by atoms with Gasteiger partial charge in [0.05, 0.1) is 6.04 Å². The molecule has 0 bridgehead atoms. The van der Waals surface area contributed by atoms with E-state index in [1.54, 1.807) is 6.92 Å². The first-order valence-electron chi connectivity index (χ1n) is 9.00. The smallest absolute Gasteiger partial charge is 0.320 e. The molecule has 136 valence electrons. The number of nitrogens with one attached hydrogen (secondary N) is 2. The van der Waals surface area contributed by atoms with Gasteiger partial charge in [-0.25, -0.2) is 4.99 Å². The standard InChI is InChI=1S/C20H19N5O2/c1-12-24-25-20(27-12)21-15-7-9-17-14(10-15)11-26-19(22-17)23-18-8-6-13-4-2-3-5-16(13)18/h2-5,7,9-10,18H,6,8,11H2,1H3,(H,21,25)(H,22,23). The van der Waals surface area contributed by atoms with Crippen LogP contribution in [0, 0.1) is 6.92 Å². The molecule has 1 aliphatic carbocycles. The lowest BCUT2D eigenvalue weighted by Crippen LogP contribution is -2.23. The van der Waals surface area contributed by atoms with Crippen molar-refractivity contribution in [1.29, 1.82) is 0 Å². The Morgan fingerprint density at radius 2 is 2.07 bits per heavy atom. The van der Waals surface area contributed by atoms with E-state index >= 15 is 0 Å². The van der Waals surface area contributed by atoms with Gasteiger partial charge in [-0.3, -0.25) is 0 Å². The third kappa shape index (κ3) is 3.12. The zero-order valence-electron chi connectivity index (χ0n) is 14.9. The molecule has 1 aliphatic heterocycles. The first-order valence-corrected chi connectivity index (χ1v) is 9.00. The zero-order chi connectivity index (χ0) is 18.2. The second-order valence-corrected chi connectivity index (χ2v) is 6.72. The summed E-state index contributed by atoms with van der Waals surface area (Å²) in [7, 11) is 0. The summed E-state index contributed by atoms with van der Waals surface area (Å²) in [6, 6.07) is 15.6. The van der Waals surface area contributed by atoms with E-state index in [1.807, 2.05) is 18.2 Å². The van der Waals surface area contributed by atoms with Crippen LogP contribution in [0.2, 0.25) is 0 Å². The first-order chi connectivity index (χ1) is 13.2. The Hall–Kier alpha value is -3.35. The van der Waals surface area contributed by atoms with Gasteiger partial charge in [-0.05, 0) is 42.2 Å². The molecule has 5 rings (SSSR count). The van der Waals surface area contributed by atoms with Crippen LogP contribution in [0.5, 0.6) is 0 Å². The Kier molecular flexibility index (Phi) is 3.78. The van der Waals surface area contributed by atoms with E-state index in [0.29, 0.717) is 24.5 Å². The van der Waals surface area contributed by atoms with E-state index in [9.17, 15) is 0 Å². The maximum Gasteiger partial charge on any atom is 0.320 e. The van der Waals surface area contributed by atoms with E-state index in [1.165, 1.54) is 11.1 Å². The van der Waals surface area contributed by atoms with Crippen LogP contribution in [-0.4, -0.2) is 16.2 Å². The van der Waals surface area contributed by atoms with Crippen LogP contribution in [-0.2, 0) is 17.8 Å². The van der Waals surface area contributed by atoms with E-state index in [0.717, 1.165) is 29.8 Å². The van der Waals surface area contributed by atoms with Crippen molar-refractivity contribution in [2.75, 3.05) is 10.6 Å². The van der Waals surface area contributed by atoms with Gasteiger partial charge in [0, 0.05) is 23.9 Å². The molecule has 0 amide bonds. The van der Waals surface area contributed by atoms with E-state index < -0.39 is 0 Å². The molecule has 1 atom stereocenters. The number of hydrogen-bond acceptors (Lipinski definition) is 6. The van der Waals surface area contributed by atoms with Crippen molar-refractivity contribution in [3.63, 3.8) is 0 Å². The third-order valence-corrected chi connectivity index (χ3v) is 4.86. The van der Waals surface area contributed by atoms with Crippen LogP contribution >= 0.6 is 0 Å². The SMILES string of the molecule is Cc1nnc(Nc2ccc3c(c2)COC(=NC2CCc4ccccc42)N3)o1. The zero-order valence-corrected chi connectivity index (χ0v) is 14.9. The molecule has 3 aromatic rings. The molecule has 0 fully saturated rings. The van der Waals surface area contributed by atoms with Crippen molar-refractivity contribution in [3.8, 4) is 0 Å². The van der Waals surface area contributed by atoms with E-state index in [-0.39, 0.29) is 6.04 Å². The van der Waals surface area contributed by atoms with E-state index in [2.05, 4.69) is 45.1 Å². The summed E-state index contributed by atoms with van der Waals surface area (Å²) < 4.78 is 11.2. The summed E-state index contributed by atoms with van der Waals surface area (Å²) in [6.45, 7) is 2.22. The Labute approximate surface area is 156 Å². The summed E-state index contributed by atoms with van der Waals surface area (Å²) in [5.74, 6) is 0.523. The highest BCUT2D eigenvalue weighted by atomic mass is 16.5. The lowest BCUT2D eigenvalue weighted by molar-refractivity contribution is 0.282. The highest BCUT2D eigenvalue weighted by Gasteiger charge is 2.24. The van der Waals surface area contributed by atoms with Crippen LogP contribution in [0.25, 0.3) is 0 Å². The summed E-state index contributed by atoms with van der Waals surface area (Å²) in [5.41, 5.74) is 5.60. The van der Waals surface area contributed by atoms with Gasteiger partial charge >= 0.3 is 6.01 Å². The molecule has 7 nitrogen and oxygen atoms in total. The Bertz CT molecular complexity index is 1030. The number of nitrogens with zero attached hydrogens (tertiary/aromatic N) is 3. The van der Waals surface area contributed by atoms with Gasteiger partial charge in [-0.1, -0.05) is 29.4 Å². The quantitative estimate of drug-likeness (QED) is 0.730. The topological polar surface area (TPSA) is 84.6 Å². The van der Waals surface area contributed by atoms with Gasteiger partial charge in [-0.15, -0.1) is 5.10 Å². The molecule has 27 heavy (non-hydrogen) atoms. The van der Waals surface area contributed by atoms with Gasteiger partial charge in [0.2, 0.25) is 5.89 Å². The van der Waals surface area contributed by atoms with Crippen molar-refractivity contribution >= 4 is 23.4 Å². The Balaban J connectivity index is 1.33. The number of benzene rings is 2. The number of hydrogen-bond donors (Lipinski definition) is 2. The summed E-state index contributed by atoms with van der Waals surface area (Å²) in [4.78, 5) is 4.80. The molecular weight excluding hydrogens is 342 g/mol. The minimum atomic E-state index is 0.159. The monoisotopic (exact) mass is 361 g/mol. The maximum atomic E-state index is 5.85. The van der Waals surface area contributed by atoms with Crippen LogP contribution in [0.1, 0.15) is 35.0 Å². The number of aliphatic imine (C=N–C) groups is 1. The number of ether oxygens (including phenoxy) is 1. The number of fused-ring (bicyclic) bond motifs is 2. The fraction of sp³-hybridized carbons (Fsp3) is 0.250. The van der Waals surface area contributed by atoms with Gasteiger partial charge < -0.3 is 19.8 Å². The predicted octanol–water partition coefficient (Wildman–Crippen LogP) is 4.11. The van der Waals surface area contributed by atoms with Gasteiger partial charge in [0.25, 0.3) is 6.02 Å². The molecule has 2 aliphatic rings. The van der Waals surface area contributed by atoms with Gasteiger partial charge in [-0.2, -0.15) is 0 Å². The minimum absolute atomic E-state index is 0.159. The molecular formula is C20H19N5O2. The number of aromatic nitrogens is 2. The largest absolute Gasteiger partial charge is 0.460 e. The molecule has 0 radical (unpaired) electrons. The van der Waals surface area contributed by atoms with Gasteiger partial charge in [0.15, 0.2) is 0 Å². The van der Waals surface area contributed by atoms with Crippen LogP contribution in [0.15, 0.2) is 51.9 Å². The maximum absolute atomic E-state index is 5.85. The van der Waals surface area contributed by atoms with Crippen molar-refractivity contribution in [2.45, 2.75) is 32.4 Å². The summed E-state index contributed by atoms with van der Waals surface area (Å²) in [6.07, 6.45) is 2.09. The fourth-order valence-corrected chi connectivity index (χ4v) is 3.56. The third-order valence-electron chi connectivity index (χ3n) is 4.86. The average molecular weight is 361 g/mol. The van der Waals surface area contributed by atoms with Crippen molar-refractivity contribution in [1.82, 2.24) is 10.2 Å². The van der Waals surface area contributed by atoms with Crippen LogP contribution in [0.4, 0.5) is 17.4 Å². The lowest BCUT2D eigenvalue weighted by atomic mass is 10.1. The normalized spacial score (nSPS) is 19.1. The second-order valence-electron chi connectivity index (χ2n) is 6.72. The van der Waals surface area contributed by atoms with E-state index in [4.69, 9.17) is 14.1 Å². The average Bonchev–Trinajstić information content (AvgIpc) is 3.28. The van der Waals surface area contributed by atoms with Crippen molar-refractivity contribution in [2.24, 2.45) is 4.99 Å². The van der Waals surface area contributed by atoms with Crippen molar-refractivity contribution in [3.05, 3.63) is 65.0 Å². The van der Waals surface area contributed by atoms with Crippen LogP contribution in [0.3, 0.4) is 0 Å². The fourth-order valence-electron chi connectivity index (χ4n) is 3.56. The Morgan fingerprint density at radius 3 is 2.96 bits per heavy atom. The number of anilines is 3. The Morgan fingerprint density at radius 1 is 1.15 bits per heavy atom. The highest BCUT2D eigenvalue weighted by Crippen LogP contribution is 2.35. The minimum Gasteiger partial charge on any atom is -0.460 e. The number of aryl methyl sites for hydroxylation is 2. The molecule has 1 unspecified atom stereocenters. The first kappa shape index (κ1) is 15.9. The van der Waals surface area contributed by atoms with Crippen LogP contribution < -0.4 is 10.6 Å². The predicted molar refractivity (Wildman–Crippen MR) is 102 cm³/mol. The van der Waals surface area contributed by atoms with Crippen molar-refractivity contribution < 1.29 is 9.15 Å². The molecule has 0 saturated carbocycles. The molecule has 2 aromatic carbocycles. The molecule has 0 spiro atoms. The van der Waals surface area contributed by atoms with Gasteiger partial charge in [0.1, 0.15) is 6.61 Å². The lowest BCUT2D eigenvalue weighted by Gasteiger charge is -2.22. The molecule has 2 N–H and O–H groups in total. The number of amidine groups is 1. The highest BCUT2D eigenvalue weighted by molar-refractivity contribution is 5.92. The summed E-state index contributed by atoms with van der Waals surface area (Å²) in [5, 5.41) is 14.2. The molecule has 7 heteroatoms. The molecule has 1 aromatic heterocycles. The second kappa shape index (κ2) is 6.42. The molecule has 2 heterocycles. The molecule has 0 saturated heterocycles. The summed E-state index contributed by atoms with van der Waals surface area (Å²) >= 11 is 0.